The molecule has 2 unspecified atom stereocenters. The van der Waals surface area contributed by atoms with Crippen molar-refractivity contribution in [2.45, 2.75) is 10.3 Å². The maximum absolute atomic E-state index is 15.0. The van der Waals surface area contributed by atoms with Crippen LogP contribution in [0, 0.1) is 29.2 Å². The number of amides is 2. The quantitative estimate of drug-likeness (QED) is 0.266. The molecular formula is C22H11Cl4F4N3O2. The first-order chi connectivity index (χ1) is 16.4. The molecule has 35 heavy (non-hydrogen) atoms. The van der Waals surface area contributed by atoms with E-state index < -0.39 is 68.3 Å². The van der Waals surface area contributed by atoms with E-state index in [9.17, 15) is 22.8 Å². The molecule has 0 aliphatic heterocycles. The van der Waals surface area contributed by atoms with Crippen molar-refractivity contribution in [1.82, 2.24) is 4.98 Å². The minimum atomic E-state index is -1.57. The lowest BCUT2D eigenvalue weighted by atomic mass is 10.1. The van der Waals surface area contributed by atoms with Crippen LogP contribution in [0.3, 0.4) is 0 Å². The number of hydrogen-bond acceptors (Lipinski definition) is 3. The number of pyridine rings is 1. The predicted molar refractivity (Wildman–Crippen MR) is 124 cm³/mol. The fourth-order valence-electron chi connectivity index (χ4n) is 3.57. The number of nitrogens with zero attached hydrogens (tertiary/aromatic N) is 1. The Morgan fingerprint density at radius 1 is 0.914 bits per heavy atom. The highest BCUT2D eigenvalue weighted by molar-refractivity contribution is 6.53. The van der Waals surface area contributed by atoms with Gasteiger partial charge in [-0.25, -0.2) is 22.5 Å². The van der Waals surface area contributed by atoms with E-state index in [1.54, 1.807) is 0 Å². The minimum absolute atomic E-state index is 0.287. The second kappa shape index (κ2) is 9.46. The summed E-state index contributed by atoms with van der Waals surface area (Å²) in [7, 11) is 0. The van der Waals surface area contributed by atoms with E-state index in [-0.39, 0.29) is 10.0 Å². The van der Waals surface area contributed by atoms with Gasteiger partial charge < -0.3 is 10.6 Å². The van der Waals surface area contributed by atoms with Gasteiger partial charge in [0, 0.05) is 22.0 Å². The van der Waals surface area contributed by atoms with Gasteiger partial charge in [0.25, 0.3) is 5.91 Å². The first-order valence-corrected chi connectivity index (χ1v) is 11.2. The van der Waals surface area contributed by atoms with Gasteiger partial charge in [-0.05, 0) is 35.9 Å². The Labute approximate surface area is 215 Å². The summed E-state index contributed by atoms with van der Waals surface area (Å²) in [6.45, 7) is 0. The highest BCUT2D eigenvalue weighted by Crippen LogP contribution is 2.65. The maximum atomic E-state index is 15.0. The Balaban J connectivity index is 1.57. The number of halogens is 8. The number of nitrogens with one attached hydrogen (secondary N) is 2. The zero-order valence-corrected chi connectivity index (χ0v) is 20.0. The third-order valence-electron chi connectivity index (χ3n) is 5.20. The van der Waals surface area contributed by atoms with Crippen molar-refractivity contribution in [1.29, 1.82) is 0 Å². The maximum Gasteiger partial charge on any atom is 0.262 e. The van der Waals surface area contributed by atoms with Gasteiger partial charge in [0.1, 0.15) is 21.5 Å². The Morgan fingerprint density at radius 3 is 2.20 bits per heavy atom. The van der Waals surface area contributed by atoms with Crippen molar-refractivity contribution in [2.24, 2.45) is 5.92 Å². The topological polar surface area (TPSA) is 71.1 Å². The molecule has 0 saturated heterocycles. The molecule has 13 heteroatoms. The molecule has 2 N–H and O–H groups in total. The van der Waals surface area contributed by atoms with E-state index in [1.807, 2.05) is 5.32 Å². The third-order valence-corrected chi connectivity index (χ3v) is 6.57. The molecule has 0 bridgehead atoms. The number of hydrogen-bond donors (Lipinski definition) is 2. The van der Waals surface area contributed by atoms with Crippen LogP contribution in [-0.2, 0) is 4.79 Å². The molecule has 2 amide bonds. The van der Waals surface area contributed by atoms with Crippen molar-refractivity contribution >= 4 is 69.7 Å². The Hall–Kier alpha value is -2.59. The number of rotatable bonds is 5. The molecule has 1 aromatic heterocycles. The van der Waals surface area contributed by atoms with E-state index in [1.165, 1.54) is 18.2 Å². The van der Waals surface area contributed by atoms with Crippen molar-refractivity contribution < 1.29 is 27.2 Å². The molecule has 4 rings (SSSR count). The van der Waals surface area contributed by atoms with Crippen LogP contribution in [0.25, 0.3) is 0 Å². The lowest BCUT2D eigenvalue weighted by Gasteiger charge is -2.12. The summed E-state index contributed by atoms with van der Waals surface area (Å²) in [5.41, 5.74) is -1.22. The smallest absolute Gasteiger partial charge is 0.262 e. The van der Waals surface area contributed by atoms with Gasteiger partial charge >= 0.3 is 0 Å². The molecule has 1 fully saturated rings. The number of carbonyl (C=O) groups excluding carboxylic acids is 2. The van der Waals surface area contributed by atoms with E-state index in [0.717, 1.165) is 12.1 Å². The fraction of sp³-hybridized carbons (Fsp3) is 0.136. The normalized spacial score (nSPS) is 18.2. The van der Waals surface area contributed by atoms with Crippen molar-refractivity contribution in [2.75, 3.05) is 10.6 Å². The second-order valence-corrected chi connectivity index (χ2v) is 9.86. The largest absolute Gasteiger partial charge is 0.323 e. The summed E-state index contributed by atoms with van der Waals surface area (Å²) >= 11 is 24.5. The molecule has 2 atom stereocenters. The van der Waals surface area contributed by atoms with E-state index >= 15 is 4.39 Å². The first-order valence-electron chi connectivity index (χ1n) is 9.65. The lowest BCUT2D eigenvalue weighted by molar-refractivity contribution is -0.117. The molecular weight excluding hydrogens is 556 g/mol. The van der Waals surface area contributed by atoms with Crippen LogP contribution >= 0.6 is 46.4 Å². The van der Waals surface area contributed by atoms with Gasteiger partial charge in [-0.2, -0.15) is 0 Å². The number of anilines is 2. The molecule has 5 nitrogen and oxygen atoms in total. The molecule has 2 aromatic carbocycles. The van der Waals surface area contributed by atoms with Crippen LogP contribution in [0.15, 0.2) is 42.6 Å². The zero-order chi connectivity index (χ0) is 25.7. The third kappa shape index (κ3) is 5.04. The standard InChI is InChI=1S/C22H11Cl4F4N3O2/c23-9-3-8(4-10(24)5-9)16-17(22(16,25)26)21(35)32-14-2-1-12(28)15(18(14)30)20(34)33-19-13(29)6-11(27)7-31-19/h1-7,16-17H,(H,32,35)(H,31,33,34). The summed E-state index contributed by atoms with van der Waals surface area (Å²) in [5, 5.41) is 4.65. The summed E-state index contributed by atoms with van der Waals surface area (Å²) in [6.07, 6.45) is 0.603. The molecule has 1 aliphatic carbocycles. The van der Waals surface area contributed by atoms with Crippen LogP contribution < -0.4 is 10.6 Å². The van der Waals surface area contributed by atoms with E-state index in [2.05, 4.69) is 10.3 Å². The predicted octanol–water partition coefficient (Wildman–Crippen LogP) is 6.72. The van der Waals surface area contributed by atoms with E-state index in [0.29, 0.717) is 17.8 Å². The Bertz CT molecular complexity index is 1350. The Morgan fingerprint density at radius 2 is 1.57 bits per heavy atom. The molecule has 3 aromatic rings. The van der Waals surface area contributed by atoms with Crippen LogP contribution in [0.2, 0.25) is 10.0 Å². The molecule has 1 aliphatic rings. The molecule has 0 radical (unpaired) electrons. The monoisotopic (exact) mass is 565 g/mol. The highest BCUT2D eigenvalue weighted by Gasteiger charge is 2.67. The molecule has 1 saturated carbocycles. The van der Waals surface area contributed by atoms with Crippen LogP contribution in [-0.4, -0.2) is 21.1 Å². The minimum Gasteiger partial charge on any atom is -0.323 e. The van der Waals surface area contributed by atoms with Crippen molar-refractivity contribution in [3.63, 3.8) is 0 Å². The SMILES string of the molecule is O=C(Nc1ncc(F)cc1F)c1c(F)ccc(NC(=O)C2C(c3cc(Cl)cc(Cl)c3)C2(Cl)Cl)c1F. The second-order valence-electron chi connectivity index (χ2n) is 7.54. The number of aromatic nitrogens is 1. The zero-order valence-electron chi connectivity index (χ0n) is 17.0. The fourth-order valence-corrected chi connectivity index (χ4v) is 4.94. The molecule has 0 spiro atoms. The first kappa shape index (κ1) is 25.5. The summed E-state index contributed by atoms with van der Waals surface area (Å²) in [4.78, 5) is 28.6. The van der Waals surface area contributed by atoms with Crippen LogP contribution in [0.4, 0.5) is 29.1 Å². The average molecular weight is 567 g/mol. The summed E-state index contributed by atoms with van der Waals surface area (Å²) in [5.74, 6) is -9.81. The van der Waals surface area contributed by atoms with Gasteiger partial charge in [0.15, 0.2) is 17.5 Å². The number of benzene rings is 2. The summed E-state index contributed by atoms with van der Waals surface area (Å²) < 4.78 is 54.5. The highest BCUT2D eigenvalue weighted by atomic mass is 35.5. The van der Waals surface area contributed by atoms with E-state index in [4.69, 9.17) is 46.4 Å². The number of carbonyl (C=O) groups is 2. The van der Waals surface area contributed by atoms with Crippen LogP contribution in [0.1, 0.15) is 21.8 Å². The van der Waals surface area contributed by atoms with Crippen LogP contribution in [0.5, 0.6) is 0 Å². The van der Waals surface area contributed by atoms with Crippen molar-refractivity contribution in [3.05, 3.63) is 87.0 Å². The van der Waals surface area contributed by atoms with Gasteiger partial charge in [-0.3, -0.25) is 9.59 Å². The Kier molecular flexibility index (Phi) is 6.89. The van der Waals surface area contributed by atoms with Gasteiger partial charge in [0.05, 0.1) is 17.8 Å². The molecule has 1 heterocycles. The average Bonchev–Trinajstić information content (AvgIpc) is 3.33. The van der Waals surface area contributed by atoms with Crippen molar-refractivity contribution in [3.8, 4) is 0 Å². The van der Waals surface area contributed by atoms with Gasteiger partial charge in [0.2, 0.25) is 5.91 Å². The number of alkyl halides is 2. The summed E-state index contributed by atoms with van der Waals surface area (Å²) in [6, 6.07) is 6.55. The van der Waals surface area contributed by atoms with Gasteiger partial charge in [-0.1, -0.05) is 23.2 Å². The van der Waals surface area contributed by atoms with Gasteiger partial charge in [-0.15, -0.1) is 23.2 Å². The lowest BCUT2D eigenvalue weighted by Crippen LogP contribution is -2.21. The molecule has 182 valence electrons.